The molecule has 1 rings (SSSR count). The van der Waals surface area contributed by atoms with Gasteiger partial charge >= 0.3 is 0 Å². The zero-order chi connectivity index (χ0) is 8.27. The van der Waals surface area contributed by atoms with E-state index in [1.54, 1.807) is 0 Å². The second kappa shape index (κ2) is 3.20. The molecule has 0 saturated heterocycles. The van der Waals surface area contributed by atoms with Crippen molar-refractivity contribution in [3.63, 3.8) is 0 Å². The fourth-order valence-corrected chi connectivity index (χ4v) is 0.639. The van der Waals surface area contributed by atoms with Gasteiger partial charge < -0.3 is 9.94 Å². The molecule has 0 heterocycles. The van der Waals surface area contributed by atoms with E-state index < -0.39 is 0 Å². The first-order valence-corrected chi connectivity index (χ1v) is 2.87. The largest absolute Gasteiger partial charge is 0.872 e. The normalized spacial score (nSPS) is 10.1. The number of nitrogens with zero attached hydrogens (tertiary/aromatic N) is 1. The van der Waals surface area contributed by atoms with Crippen molar-refractivity contribution < 1.29 is 15.2 Å². The first-order chi connectivity index (χ1) is 5.18. The van der Waals surface area contributed by atoms with Crippen LogP contribution in [-0.4, -0.2) is 10.5 Å². The topological polar surface area (TPSA) is 81.8 Å². The molecule has 1 aromatic carbocycles. The highest BCUT2D eigenvalue weighted by atomic mass is 16.9. The molecular weight excluding hydrogens is 148 g/mol. The van der Waals surface area contributed by atoms with Crippen LogP contribution in [0.2, 0.25) is 0 Å². The van der Waals surface area contributed by atoms with Crippen molar-refractivity contribution in [3.8, 4) is 11.5 Å². The number of hydrogen-bond acceptors (Lipinski definition) is 5. The number of rotatable bonds is 2. The van der Waals surface area contributed by atoms with Gasteiger partial charge in [0.25, 0.3) is 0 Å². The summed E-state index contributed by atoms with van der Waals surface area (Å²) in [5.41, 5.74) is 0. The molecule has 0 aromatic heterocycles. The van der Waals surface area contributed by atoms with Crippen LogP contribution in [0.25, 0.3) is 0 Å². The Labute approximate surface area is 63.1 Å². The van der Waals surface area contributed by atoms with Gasteiger partial charge in [0.05, 0.1) is 5.34 Å². The van der Waals surface area contributed by atoms with E-state index in [4.69, 9.17) is 11.0 Å². The summed E-state index contributed by atoms with van der Waals surface area (Å²) in [5.74, 6) is 4.73. The van der Waals surface area contributed by atoms with Crippen molar-refractivity contribution in [3.05, 3.63) is 24.3 Å². The van der Waals surface area contributed by atoms with E-state index in [1.807, 2.05) is 0 Å². The Kier molecular flexibility index (Phi) is 2.27. The third-order valence-corrected chi connectivity index (χ3v) is 1.00. The molecule has 0 aliphatic rings. The van der Waals surface area contributed by atoms with Gasteiger partial charge in [-0.1, -0.05) is 12.1 Å². The third-order valence-electron chi connectivity index (χ3n) is 1.00. The third kappa shape index (κ3) is 2.42. The lowest BCUT2D eigenvalue weighted by molar-refractivity contribution is -0.287. The Morgan fingerprint density at radius 1 is 1.55 bits per heavy atom. The first-order valence-electron chi connectivity index (χ1n) is 2.87. The average Bonchev–Trinajstić information content (AvgIpc) is 1.85. The van der Waals surface area contributed by atoms with Gasteiger partial charge in [-0.3, -0.25) is 5.21 Å². The van der Waals surface area contributed by atoms with Crippen molar-refractivity contribution in [2.75, 3.05) is 0 Å². The van der Waals surface area contributed by atoms with Crippen LogP contribution in [0.4, 0.5) is 0 Å². The van der Waals surface area contributed by atoms with Crippen LogP contribution in [0.5, 0.6) is 11.5 Å². The molecule has 0 atom stereocenters. The zero-order valence-corrected chi connectivity index (χ0v) is 5.60. The van der Waals surface area contributed by atoms with E-state index in [0.29, 0.717) is 0 Å². The van der Waals surface area contributed by atoms with E-state index >= 15 is 0 Å². The molecule has 0 amide bonds. The molecule has 0 fully saturated rings. The fraction of sp³-hybridized carbons (Fsp3) is 0. The Bertz CT molecular complexity index is 239. The minimum absolute atomic E-state index is 0.0365. The molecule has 60 valence electrons. The molecule has 0 unspecified atom stereocenters. The van der Waals surface area contributed by atoms with Crippen molar-refractivity contribution >= 4 is 0 Å². The van der Waals surface area contributed by atoms with Gasteiger partial charge in [-0.2, -0.15) is 0 Å². The lowest BCUT2D eigenvalue weighted by Gasteiger charge is -2.11. The van der Waals surface area contributed by atoms with Crippen LogP contribution < -0.4 is 15.8 Å². The van der Waals surface area contributed by atoms with Crippen LogP contribution in [0, 0.1) is 0 Å². The number of nitrogens with two attached hydrogens (primary N) is 1. The summed E-state index contributed by atoms with van der Waals surface area (Å²) in [6.07, 6.45) is 0. The Hall–Kier alpha value is -1.30. The van der Waals surface area contributed by atoms with Gasteiger partial charge in [0, 0.05) is 0 Å². The minimum Gasteiger partial charge on any atom is -0.872 e. The van der Waals surface area contributed by atoms with Crippen molar-refractivity contribution in [2.45, 2.75) is 0 Å². The molecular formula is C6H7N2O3-. The highest BCUT2D eigenvalue weighted by Crippen LogP contribution is 2.15. The van der Waals surface area contributed by atoms with Gasteiger partial charge in [-0.15, -0.1) is 5.75 Å². The van der Waals surface area contributed by atoms with Gasteiger partial charge in [0.15, 0.2) is 5.75 Å². The van der Waals surface area contributed by atoms with Crippen LogP contribution >= 0.6 is 0 Å². The molecule has 0 spiro atoms. The molecule has 5 nitrogen and oxygen atoms in total. The first kappa shape index (κ1) is 7.80. The smallest absolute Gasteiger partial charge is 0.151 e. The Morgan fingerprint density at radius 3 is 2.82 bits per heavy atom. The molecule has 0 radical (unpaired) electrons. The van der Waals surface area contributed by atoms with E-state index in [0.717, 1.165) is 0 Å². The maximum absolute atomic E-state index is 10.7. The lowest BCUT2D eigenvalue weighted by Crippen LogP contribution is -2.30. The summed E-state index contributed by atoms with van der Waals surface area (Å²) < 4.78 is 0. The summed E-state index contributed by atoms with van der Waals surface area (Å²) >= 11 is 0. The summed E-state index contributed by atoms with van der Waals surface area (Å²) in [6.45, 7) is 0. The highest BCUT2D eigenvalue weighted by Gasteiger charge is 1.93. The minimum atomic E-state index is -0.204. The highest BCUT2D eigenvalue weighted by molar-refractivity contribution is 5.30. The van der Waals surface area contributed by atoms with E-state index in [1.165, 1.54) is 24.3 Å². The average molecular weight is 155 g/mol. The monoisotopic (exact) mass is 155 g/mol. The Morgan fingerprint density at radius 2 is 2.27 bits per heavy atom. The van der Waals surface area contributed by atoms with E-state index in [2.05, 4.69) is 4.84 Å². The predicted octanol–water partition coefficient (Wildman–Crippen LogP) is -0.381. The summed E-state index contributed by atoms with van der Waals surface area (Å²) in [7, 11) is 0. The maximum Gasteiger partial charge on any atom is 0.151 e. The summed E-state index contributed by atoms with van der Waals surface area (Å²) in [6, 6.07) is 5.57. The zero-order valence-electron chi connectivity index (χ0n) is 5.60. The molecule has 1 aromatic rings. The van der Waals surface area contributed by atoms with Crippen molar-refractivity contribution in [1.29, 1.82) is 0 Å². The van der Waals surface area contributed by atoms with Crippen LogP contribution in [0.3, 0.4) is 0 Å². The molecule has 11 heavy (non-hydrogen) atoms. The molecule has 3 N–H and O–H groups in total. The van der Waals surface area contributed by atoms with Gasteiger partial charge in [0.1, 0.15) is 0 Å². The van der Waals surface area contributed by atoms with Crippen LogP contribution in [0.1, 0.15) is 0 Å². The fourth-order valence-electron chi connectivity index (χ4n) is 0.639. The molecule has 0 bridgehead atoms. The van der Waals surface area contributed by atoms with Crippen LogP contribution in [0.15, 0.2) is 24.3 Å². The summed E-state index contributed by atoms with van der Waals surface area (Å²) in [4.78, 5) is 4.46. The van der Waals surface area contributed by atoms with Crippen molar-refractivity contribution in [1.82, 2.24) is 5.34 Å². The van der Waals surface area contributed by atoms with E-state index in [-0.39, 0.29) is 16.8 Å². The van der Waals surface area contributed by atoms with Gasteiger partial charge in [-0.05, 0) is 12.1 Å². The second-order valence-electron chi connectivity index (χ2n) is 1.87. The standard InChI is InChI=1S/C6H8N2O3/c7-8(10)11-6-3-1-2-5(9)4-6/h1-4,9-10H,7H2/p-1. The maximum atomic E-state index is 10.7. The molecule has 0 aliphatic heterocycles. The Balaban J connectivity index is 2.71. The number of hydrogen-bond donors (Lipinski definition) is 2. The SMILES string of the molecule is NN(O)Oc1cccc([O-])c1. The quantitative estimate of drug-likeness (QED) is 0.449. The molecule has 0 saturated carbocycles. The van der Waals surface area contributed by atoms with Gasteiger partial charge in [0.2, 0.25) is 0 Å². The second-order valence-corrected chi connectivity index (χ2v) is 1.87. The molecule has 0 aliphatic carbocycles. The lowest BCUT2D eigenvalue weighted by atomic mass is 10.3. The number of benzene rings is 1. The molecule has 5 heteroatoms. The van der Waals surface area contributed by atoms with Gasteiger partial charge in [-0.25, -0.2) is 5.84 Å². The summed E-state index contributed by atoms with van der Waals surface area (Å²) in [5, 5.41) is 19.1. The van der Waals surface area contributed by atoms with Crippen molar-refractivity contribution in [2.24, 2.45) is 5.84 Å². The predicted molar refractivity (Wildman–Crippen MR) is 34.3 cm³/mol. The number of hydrazine groups is 1. The van der Waals surface area contributed by atoms with Crippen LogP contribution in [-0.2, 0) is 0 Å². The van der Waals surface area contributed by atoms with E-state index in [9.17, 15) is 5.11 Å².